The average Bonchev–Trinajstić information content (AvgIpc) is 2.72. The van der Waals surface area contributed by atoms with Crippen LogP contribution in [0.25, 0.3) is 0 Å². The second-order valence-electron chi connectivity index (χ2n) is 4.08. The molecular formula is C13H13ClN2O2. The van der Waals surface area contributed by atoms with E-state index in [1.54, 1.807) is 25.1 Å². The smallest absolute Gasteiger partial charge is 0.291 e. The third-order valence-electron chi connectivity index (χ3n) is 2.66. The molecule has 0 aliphatic heterocycles. The number of benzene rings is 1. The molecule has 1 aromatic heterocycles. The van der Waals surface area contributed by atoms with Crippen LogP contribution in [-0.2, 0) is 0 Å². The molecule has 1 aromatic carbocycles. The predicted molar refractivity (Wildman–Crippen MR) is 72.0 cm³/mol. The van der Waals surface area contributed by atoms with Gasteiger partial charge in [-0.2, -0.15) is 0 Å². The number of halogens is 1. The van der Waals surface area contributed by atoms with Crippen LogP contribution in [0, 0.1) is 13.8 Å². The van der Waals surface area contributed by atoms with Gasteiger partial charge >= 0.3 is 0 Å². The van der Waals surface area contributed by atoms with Crippen LogP contribution >= 0.6 is 11.6 Å². The normalized spacial score (nSPS) is 10.4. The van der Waals surface area contributed by atoms with Crippen molar-refractivity contribution >= 4 is 28.9 Å². The van der Waals surface area contributed by atoms with Gasteiger partial charge in [0.2, 0.25) is 0 Å². The lowest BCUT2D eigenvalue weighted by molar-refractivity contribution is 0.0996. The van der Waals surface area contributed by atoms with E-state index in [4.69, 9.17) is 21.8 Å². The minimum atomic E-state index is -0.304. The molecule has 1 amide bonds. The van der Waals surface area contributed by atoms with E-state index in [1.807, 2.05) is 6.92 Å². The summed E-state index contributed by atoms with van der Waals surface area (Å²) in [4.78, 5) is 12.0. The molecule has 0 bridgehead atoms. The Hall–Kier alpha value is -1.94. The number of carbonyl (C=O) groups is 1. The van der Waals surface area contributed by atoms with Crippen molar-refractivity contribution in [2.75, 3.05) is 11.1 Å². The van der Waals surface area contributed by atoms with Gasteiger partial charge in [-0.1, -0.05) is 11.6 Å². The van der Waals surface area contributed by atoms with Crippen molar-refractivity contribution in [2.45, 2.75) is 13.8 Å². The van der Waals surface area contributed by atoms with Crippen molar-refractivity contribution in [3.63, 3.8) is 0 Å². The van der Waals surface area contributed by atoms with E-state index in [1.165, 1.54) is 6.26 Å². The summed E-state index contributed by atoms with van der Waals surface area (Å²) in [5, 5.41) is 3.16. The molecule has 2 aromatic rings. The molecule has 1 heterocycles. The fourth-order valence-electron chi connectivity index (χ4n) is 1.62. The van der Waals surface area contributed by atoms with Gasteiger partial charge in [-0.15, -0.1) is 0 Å². The molecule has 0 aliphatic rings. The molecule has 0 aliphatic carbocycles. The number of carbonyl (C=O) groups excluding carboxylic acids is 1. The Bertz CT molecular complexity index is 605. The summed E-state index contributed by atoms with van der Waals surface area (Å²) in [6.07, 6.45) is 1.48. The van der Waals surface area contributed by atoms with E-state index in [-0.39, 0.29) is 5.91 Å². The van der Waals surface area contributed by atoms with Gasteiger partial charge in [0.05, 0.1) is 17.0 Å². The first-order chi connectivity index (χ1) is 8.49. The number of nitrogen functional groups attached to an aromatic ring is 1. The largest absolute Gasteiger partial charge is 0.459 e. The van der Waals surface area contributed by atoms with E-state index in [9.17, 15) is 4.79 Å². The lowest BCUT2D eigenvalue weighted by Gasteiger charge is -2.09. The van der Waals surface area contributed by atoms with Crippen LogP contribution in [0.2, 0.25) is 5.02 Å². The predicted octanol–water partition coefficient (Wildman–Crippen LogP) is 3.38. The zero-order valence-electron chi connectivity index (χ0n) is 10.1. The zero-order chi connectivity index (χ0) is 13.3. The highest BCUT2D eigenvalue weighted by atomic mass is 35.5. The Morgan fingerprint density at radius 3 is 2.67 bits per heavy atom. The van der Waals surface area contributed by atoms with Crippen LogP contribution in [0.1, 0.15) is 21.7 Å². The fraction of sp³-hybridized carbons (Fsp3) is 0.154. The molecule has 18 heavy (non-hydrogen) atoms. The van der Waals surface area contributed by atoms with Crippen molar-refractivity contribution in [3.05, 3.63) is 46.4 Å². The molecule has 0 fully saturated rings. The van der Waals surface area contributed by atoms with Crippen molar-refractivity contribution < 1.29 is 9.21 Å². The number of rotatable bonds is 2. The number of furan rings is 1. The van der Waals surface area contributed by atoms with Gasteiger partial charge in [0, 0.05) is 11.3 Å². The van der Waals surface area contributed by atoms with Crippen LogP contribution in [0.3, 0.4) is 0 Å². The Morgan fingerprint density at radius 2 is 2.06 bits per heavy atom. The van der Waals surface area contributed by atoms with E-state index in [2.05, 4.69) is 5.32 Å². The maximum Gasteiger partial charge on any atom is 0.291 e. The van der Waals surface area contributed by atoms with E-state index >= 15 is 0 Å². The second kappa shape index (κ2) is 4.74. The van der Waals surface area contributed by atoms with Crippen LogP contribution in [-0.4, -0.2) is 5.91 Å². The number of amides is 1. The summed E-state index contributed by atoms with van der Waals surface area (Å²) in [5.74, 6) is -0.0104. The van der Waals surface area contributed by atoms with Gasteiger partial charge in [-0.3, -0.25) is 4.79 Å². The van der Waals surface area contributed by atoms with Gasteiger partial charge in [-0.25, -0.2) is 0 Å². The maximum atomic E-state index is 12.0. The average molecular weight is 265 g/mol. The first kappa shape index (κ1) is 12.5. The highest BCUT2D eigenvalue weighted by Crippen LogP contribution is 2.27. The molecule has 4 nitrogen and oxygen atoms in total. The molecule has 0 atom stereocenters. The van der Waals surface area contributed by atoms with Crippen molar-refractivity contribution in [1.82, 2.24) is 0 Å². The lowest BCUT2D eigenvalue weighted by Crippen LogP contribution is -2.13. The Balaban J connectivity index is 2.28. The van der Waals surface area contributed by atoms with E-state index in [0.717, 1.165) is 11.1 Å². The number of anilines is 2. The standard InChI is InChI=1S/C13H13ClN2O2/c1-7-3-4-18-12(7)13(17)16-11-6-9(14)10(15)5-8(11)2/h3-6H,15H2,1-2H3,(H,16,17). The van der Waals surface area contributed by atoms with Crippen molar-refractivity contribution in [1.29, 1.82) is 0 Å². The third kappa shape index (κ3) is 2.33. The molecule has 0 spiro atoms. The first-order valence-electron chi connectivity index (χ1n) is 5.40. The number of hydrogen-bond donors (Lipinski definition) is 2. The first-order valence-corrected chi connectivity index (χ1v) is 5.78. The van der Waals surface area contributed by atoms with Crippen LogP contribution in [0.5, 0.6) is 0 Å². The lowest BCUT2D eigenvalue weighted by atomic mass is 10.1. The summed E-state index contributed by atoms with van der Waals surface area (Å²) < 4.78 is 5.12. The molecule has 0 radical (unpaired) electrons. The summed E-state index contributed by atoms with van der Waals surface area (Å²) in [6.45, 7) is 3.65. The van der Waals surface area contributed by atoms with Crippen LogP contribution in [0.15, 0.2) is 28.9 Å². The maximum absolute atomic E-state index is 12.0. The fourth-order valence-corrected chi connectivity index (χ4v) is 1.79. The summed E-state index contributed by atoms with van der Waals surface area (Å²) >= 11 is 5.93. The quantitative estimate of drug-likeness (QED) is 0.817. The Labute approximate surface area is 110 Å². The molecular weight excluding hydrogens is 252 g/mol. The summed E-state index contributed by atoms with van der Waals surface area (Å²) in [7, 11) is 0. The minimum Gasteiger partial charge on any atom is -0.459 e. The number of hydrogen-bond acceptors (Lipinski definition) is 3. The summed E-state index contributed by atoms with van der Waals surface area (Å²) in [6, 6.07) is 5.08. The van der Waals surface area contributed by atoms with E-state index < -0.39 is 0 Å². The van der Waals surface area contributed by atoms with E-state index in [0.29, 0.717) is 22.2 Å². The van der Waals surface area contributed by atoms with Crippen LogP contribution < -0.4 is 11.1 Å². The minimum absolute atomic E-state index is 0.294. The SMILES string of the molecule is Cc1cc(N)c(Cl)cc1NC(=O)c1occc1C. The molecule has 3 N–H and O–H groups in total. The monoisotopic (exact) mass is 264 g/mol. The Kier molecular flexibility index (Phi) is 3.30. The highest BCUT2D eigenvalue weighted by Gasteiger charge is 2.14. The second-order valence-corrected chi connectivity index (χ2v) is 4.48. The van der Waals surface area contributed by atoms with Gasteiger partial charge in [0.1, 0.15) is 0 Å². The number of nitrogens with two attached hydrogens (primary N) is 1. The molecule has 2 rings (SSSR count). The molecule has 0 saturated heterocycles. The Morgan fingerprint density at radius 1 is 1.33 bits per heavy atom. The van der Waals surface area contributed by atoms with Crippen molar-refractivity contribution in [3.8, 4) is 0 Å². The molecule has 94 valence electrons. The summed E-state index contributed by atoms with van der Waals surface area (Å²) in [5.41, 5.74) is 8.41. The topological polar surface area (TPSA) is 68.3 Å². The zero-order valence-corrected chi connectivity index (χ0v) is 10.8. The van der Waals surface area contributed by atoms with Gasteiger partial charge in [0.15, 0.2) is 5.76 Å². The van der Waals surface area contributed by atoms with Crippen LogP contribution in [0.4, 0.5) is 11.4 Å². The highest BCUT2D eigenvalue weighted by molar-refractivity contribution is 6.33. The molecule has 0 saturated carbocycles. The number of aryl methyl sites for hydroxylation is 2. The van der Waals surface area contributed by atoms with Gasteiger partial charge < -0.3 is 15.5 Å². The van der Waals surface area contributed by atoms with Gasteiger partial charge in [-0.05, 0) is 37.6 Å². The molecule has 0 unspecified atom stereocenters. The molecule has 5 heteroatoms. The van der Waals surface area contributed by atoms with Gasteiger partial charge in [0.25, 0.3) is 5.91 Å². The number of nitrogens with one attached hydrogen (secondary N) is 1. The van der Waals surface area contributed by atoms with Crippen molar-refractivity contribution in [2.24, 2.45) is 0 Å². The third-order valence-corrected chi connectivity index (χ3v) is 2.99.